The fourth-order valence-electron chi connectivity index (χ4n) is 4.09. The van der Waals surface area contributed by atoms with Gasteiger partial charge in [0.2, 0.25) is 5.91 Å². The summed E-state index contributed by atoms with van der Waals surface area (Å²) in [7, 11) is 0. The van der Waals surface area contributed by atoms with E-state index in [1.165, 1.54) is 23.5 Å². The van der Waals surface area contributed by atoms with Gasteiger partial charge in [-0.1, -0.05) is 6.07 Å². The molecule has 1 unspecified atom stereocenters. The van der Waals surface area contributed by atoms with Gasteiger partial charge in [0, 0.05) is 17.0 Å². The SMILES string of the molecule is O=C(CN1CCCC1c1ccc2c(c1)OCCO2)Nc1nc(-c2ccc(F)cc2)cs1. The minimum absolute atomic E-state index is 0.0931. The summed E-state index contributed by atoms with van der Waals surface area (Å²) in [5.41, 5.74) is 2.68. The van der Waals surface area contributed by atoms with Gasteiger partial charge in [-0.2, -0.15) is 0 Å². The Labute approximate surface area is 183 Å². The number of hydrogen-bond acceptors (Lipinski definition) is 6. The zero-order chi connectivity index (χ0) is 21.2. The molecular formula is C23H22FN3O3S. The van der Waals surface area contributed by atoms with Crippen LogP contribution in [0, 0.1) is 5.82 Å². The van der Waals surface area contributed by atoms with Gasteiger partial charge in [-0.3, -0.25) is 9.69 Å². The van der Waals surface area contributed by atoms with Crippen LogP contribution in [0.3, 0.4) is 0 Å². The maximum absolute atomic E-state index is 13.1. The molecule has 6 nitrogen and oxygen atoms in total. The standard InChI is InChI=1S/C23H22FN3O3S/c24-17-6-3-15(4-7-17)18-14-31-23(25-18)26-22(28)13-27-9-1-2-19(27)16-5-8-20-21(12-16)30-11-10-29-20/h3-8,12,14,19H,1-2,9-11,13H2,(H,25,26,28). The molecule has 0 spiro atoms. The van der Waals surface area contributed by atoms with Crippen molar-refractivity contribution in [2.45, 2.75) is 18.9 Å². The Morgan fingerprint density at radius 2 is 1.97 bits per heavy atom. The molecule has 3 aromatic rings. The van der Waals surface area contributed by atoms with Gasteiger partial charge < -0.3 is 14.8 Å². The van der Waals surface area contributed by atoms with Crippen molar-refractivity contribution in [2.24, 2.45) is 0 Å². The first-order chi connectivity index (χ1) is 15.2. The number of hydrogen-bond donors (Lipinski definition) is 1. The number of halogens is 1. The Kier molecular flexibility index (Phi) is 5.57. The van der Waals surface area contributed by atoms with E-state index in [0.717, 1.165) is 47.7 Å². The van der Waals surface area contributed by atoms with Crippen LogP contribution in [-0.2, 0) is 4.79 Å². The molecule has 2 aromatic carbocycles. The highest BCUT2D eigenvalue weighted by Crippen LogP contribution is 2.38. The third-order valence-electron chi connectivity index (χ3n) is 5.55. The van der Waals surface area contributed by atoms with Crippen molar-refractivity contribution in [2.75, 3.05) is 31.6 Å². The molecule has 31 heavy (non-hydrogen) atoms. The molecular weight excluding hydrogens is 417 g/mol. The number of carbonyl (C=O) groups is 1. The van der Waals surface area contributed by atoms with Crippen LogP contribution < -0.4 is 14.8 Å². The van der Waals surface area contributed by atoms with Crippen LogP contribution in [-0.4, -0.2) is 42.1 Å². The van der Waals surface area contributed by atoms with E-state index in [1.807, 2.05) is 17.5 Å². The molecule has 0 radical (unpaired) electrons. The second-order valence-corrected chi connectivity index (χ2v) is 8.48. The van der Waals surface area contributed by atoms with Gasteiger partial charge in [0.15, 0.2) is 16.6 Å². The molecule has 1 fully saturated rings. The van der Waals surface area contributed by atoms with Crippen molar-refractivity contribution < 1.29 is 18.7 Å². The Morgan fingerprint density at radius 3 is 2.81 bits per heavy atom. The molecule has 3 heterocycles. The number of amides is 1. The van der Waals surface area contributed by atoms with Crippen molar-refractivity contribution >= 4 is 22.4 Å². The van der Waals surface area contributed by atoms with E-state index in [0.29, 0.717) is 24.9 Å². The van der Waals surface area contributed by atoms with E-state index in [2.05, 4.69) is 21.3 Å². The third kappa shape index (κ3) is 4.40. The summed E-state index contributed by atoms with van der Waals surface area (Å²) < 4.78 is 24.4. The van der Waals surface area contributed by atoms with E-state index in [1.54, 1.807) is 12.1 Å². The Bertz CT molecular complexity index is 1090. The highest BCUT2D eigenvalue weighted by atomic mass is 32.1. The van der Waals surface area contributed by atoms with E-state index in [4.69, 9.17) is 9.47 Å². The largest absolute Gasteiger partial charge is 0.486 e. The van der Waals surface area contributed by atoms with E-state index < -0.39 is 0 Å². The Balaban J connectivity index is 1.23. The van der Waals surface area contributed by atoms with Crippen LogP contribution in [0.2, 0.25) is 0 Å². The number of thiazole rings is 1. The highest BCUT2D eigenvalue weighted by Gasteiger charge is 2.29. The summed E-state index contributed by atoms with van der Waals surface area (Å²) in [6.07, 6.45) is 2.04. The maximum Gasteiger partial charge on any atom is 0.240 e. The molecule has 0 saturated carbocycles. The van der Waals surface area contributed by atoms with Crippen LogP contribution >= 0.6 is 11.3 Å². The van der Waals surface area contributed by atoms with Crippen LogP contribution in [0.1, 0.15) is 24.4 Å². The molecule has 8 heteroatoms. The zero-order valence-corrected chi connectivity index (χ0v) is 17.7. The average molecular weight is 440 g/mol. The van der Waals surface area contributed by atoms with Crippen LogP contribution in [0.25, 0.3) is 11.3 Å². The van der Waals surface area contributed by atoms with Crippen molar-refractivity contribution in [3.05, 3.63) is 59.2 Å². The number of nitrogens with zero attached hydrogens (tertiary/aromatic N) is 2. The predicted octanol–water partition coefficient (Wildman–Crippen LogP) is 4.50. The second-order valence-electron chi connectivity index (χ2n) is 7.62. The molecule has 0 bridgehead atoms. The van der Waals surface area contributed by atoms with Crippen LogP contribution in [0.5, 0.6) is 11.5 Å². The lowest BCUT2D eigenvalue weighted by molar-refractivity contribution is -0.117. The summed E-state index contributed by atoms with van der Waals surface area (Å²) in [4.78, 5) is 19.3. The predicted molar refractivity (Wildman–Crippen MR) is 117 cm³/mol. The fraction of sp³-hybridized carbons (Fsp3) is 0.304. The lowest BCUT2D eigenvalue weighted by Crippen LogP contribution is -2.33. The molecule has 1 amide bonds. The highest BCUT2D eigenvalue weighted by molar-refractivity contribution is 7.14. The van der Waals surface area contributed by atoms with Gasteiger partial charge >= 0.3 is 0 Å². The first-order valence-corrected chi connectivity index (χ1v) is 11.2. The molecule has 160 valence electrons. The normalized spacial score (nSPS) is 18.2. The zero-order valence-electron chi connectivity index (χ0n) is 16.8. The molecule has 1 N–H and O–H groups in total. The van der Waals surface area contributed by atoms with E-state index in [-0.39, 0.29) is 17.8 Å². The molecule has 2 aliphatic heterocycles. The minimum Gasteiger partial charge on any atom is -0.486 e. The molecule has 5 rings (SSSR count). The number of anilines is 1. The molecule has 1 saturated heterocycles. The van der Waals surface area contributed by atoms with Crippen LogP contribution in [0.4, 0.5) is 9.52 Å². The average Bonchev–Trinajstić information content (AvgIpc) is 3.43. The van der Waals surface area contributed by atoms with Crippen molar-refractivity contribution in [3.63, 3.8) is 0 Å². The first-order valence-electron chi connectivity index (χ1n) is 10.3. The van der Waals surface area contributed by atoms with Gasteiger partial charge in [-0.25, -0.2) is 9.37 Å². The molecule has 1 aromatic heterocycles. The Hall–Kier alpha value is -2.97. The monoisotopic (exact) mass is 439 g/mol. The van der Waals surface area contributed by atoms with Gasteiger partial charge in [-0.05, 0) is 61.3 Å². The minimum atomic E-state index is -0.286. The first kappa shape index (κ1) is 20.0. The molecule has 1 atom stereocenters. The number of benzene rings is 2. The van der Waals surface area contributed by atoms with Crippen molar-refractivity contribution in [3.8, 4) is 22.8 Å². The Morgan fingerprint density at radius 1 is 1.16 bits per heavy atom. The van der Waals surface area contributed by atoms with Gasteiger partial charge in [-0.15, -0.1) is 11.3 Å². The topological polar surface area (TPSA) is 63.7 Å². The van der Waals surface area contributed by atoms with Gasteiger partial charge in [0.25, 0.3) is 0 Å². The van der Waals surface area contributed by atoms with Crippen LogP contribution in [0.15, 0.2) is 47.8 Å². The summed E-state index contributed by atoms with van der Waals surface area (Å²) in [5, 5.41) is 5.30. The van der Waals surface area contributed by atoms with Gasteiger partial charge in [0.1, 0.15) is 19.0 Å². The molecule has 2 aliphatic rings. The van der Waals surface area contributed by atoms with Crippen molar-refractivity contribution in [1.29, 1.82) is 0 Å². The maximum atomic E-state index is 13.1. The number of aromatic nitrogens is 1. The number of ether oxygens (including phenoxy) is 2. The number of carbonyl (C=O) groups excluding carboxylic acids is 1. The fourth-order valence-corrected chi connectivity index (χ4v) is 4.82. The number of rotatable bonds is 5. The number of likely N-dealkylation sites (tertiary alicyclic amines) is 1. The quantitative estimate of drug-likeness (QED) is 0.634. The summed E-state index contributed by atoms with van der Waals surface area (Å²) >= 11 is 1.36. The number of fused-ring (bicyclic) bond motifs is 1. The number of nitrogens with one attached hydrogen (secondary N) is 1. The van der Waals surface area contributed by atoms with E-state index >= 15 is 0 Å². The van der Waals surface area contributed by atoms with E-state index in [9.17, 15) is 9.18 Å². The third-order valence-corrected chi connectivity index (χ3v) is 6.31. The van der Waals surface area contributed by atoms with Gasteiger partial charge in [0.05, 0.1) is 12.2 Å². The lowest BCUT2D eigenvalue weighted by Gasteiger charge is -2.26. The smallest absolute Gasteiger partial charge is 0.240 e. The lowest BCUT2D eigenvalue weighted by atomic mass is 10.0. The summed E-state index contributed by atoms with van der Waals surface area (Å²) in [6.45, 7) is 2.29. The molecule has 0 aliphatic carbocycles. The summed E-state index contributed by atoms with van der Waals surface area (Å²) in [5.74, 6) is 1.17. The summed E-state index contributed by atoms with van der Waals surface area (Å²) in [6, 6.07) is 12.4. The van der Waals surface area contributed by atoms with Crippen molar-refractivity contribution in [1.82, 2.24) is 9.88 Å². The second kappa shape index (κ2) is 8.64.